The number of rotatable bonds is 4. The maximum absolute atomic E-state index is 11.8. The molecular weight excluding hydrogens is 352 g/mol. The molecule has 2 aromatic rings. The molecule has 0 amide bonds. The minimum atomic E-state index is -1.09. The summed E-state index contributed by atoms with van der Waals surface area (Å²) in [7, 11) is 0. The molecule has 152 valence electrons. The van der Waals surface area contributed by atoms with Crippen LogP contribution >= 0.6 is 0 Å². The van der Waals surface area contributed by atoms with Crippen molar-refractivity contribution >= 4 is 5.97 Å². The molecule has 4 nitrogen and oxygen atoms in total. The van der Waals surface area contributed by atoms with Crippen molar-refractivity contribution in [3.05, 3.63) is 58.7 Å². The van der Waals surface area contributed by atoms with Crippen LogP contribution in [0.1, 0.15) is 77.1 Å². The number of aromatic hydroxyl groups is 2. The predicted molar refractivity (Wildman–Crippen MR) is 112 cm³/mol. The second-order valence-corrected chi connectivity index (χ2v) is 9.81. The first-order valence-electron chi connectivity index (χ1n) is 9.57. The zero-order chi connectivity index (χ0) is 21.5. The molecule has 3 N–H and O–H groups in total. The van der Waals surface area contributed by atoms with Crippen LogP contribution < -0.4 is 0 Å². The minimum Gasteiger partial charge on any atom is -0.507 e. The molecule has 0 aliphatic heterocycles. The van der Waals surface area contributed by atoms with Gasteiger partial charge in [0, 0.05) is 16.5 Å². The summed E-state index contributed by atoms with van der Waals surface area (Å²) in [5.74, 6) is -0.831. The van der Waals surface area contributed by atoms with E-state index in [9.17, 15) is 20.1 Å². The van der Waals surface area contributed by atoms with Gasteiger partial charge in [0.2, 0.25) is 0 Å². The van der Waals surface area contributed by atoms with Gasteiger partial charge in [0.1, 0.15) is 11.5 Å². The molecular formula is C24H32O4. The number of aliphatic carboxylic acids is 1. The molecule has 0 aliphatic carbocycles. The van der Waals surface area contributed by atoms with Crippen molar-refractivity contribution in [1.82, 2.24) is 0 Å². The minimum absolute atomic E-state index is 0.0827. The zero-order valence-corrected chi connectivity index (χ0v) is 17.9. The molecule has 0 spiro atoms. The number of phenolic OH excluding ortho intramolecular Hbond substituents is 2. The maximum Gasteiger partial charge on any atom is 0.304 e. The number of carboxylic acids is 1. The summed E-state index contributed by atoms with van der Waals surface area (Å²) in [6.07, 6.45) is -0.255. The number of hydrogen-bond acceptors (Lipinski definition) is 3. The van der Waals surface area contributed by atoms with Crippen LogP contribution in [0.25, 0.3) is 0 Å². The van der Waals surface area contributed by atoms with E-state index in [1.54, 1.807) is 19.1 Å². The van der Waals surface area contributed by atoms with E-state index < -0.39 is 11.4 Å². The Bertz CT molecular complexity index is 819. The number of para-hydroxylation sites is 2. The van der Waals surface area contributed by atoms with Gasteiger partial charge in [-0.3, -0.25) is 4.79 Å². The highest BCUT2D eigenvalue weighted by Gasteiger charge is 2.39. The fraction of sp³-hybridized carbons (Fsp3) is 0.458. The smallest absolute Gasteiger partial charge is 0.304 e. The lowest BCUT2D eigenvalue weighted by Crippen LogP contribution is -2.29. The highest BCUT2D eigenvalue weighted by Crippen LogP contribution is 2.48. The van der Waals surface area contributed by atoms with Crippen molar-refractivity contribution in [2.75, 3.05) is 0 Å². The van der Waals surface area contributed by atoms with Crippen LogP contribution in [0.5, 0.6) is 11.5 Å². The van der Waals surface area contributed by atoms with Gasteiger partial charge in [0.05, 0.1) is 6.42 Å². The number of carbonyl (C=O) groups is 1. The van der Waals surface area contributed by atoms with Crippen molar-refractivity contribution in [3.8, 4) is 11.5 Å². The molecule has 4 heteroatoms. The van der Waals surface area contributed by atoms with Gasteiger partial charge in [-0.25, -0.2) is 0 Å². The van der Waals surface area contributed by atoms with E-state index in [1.165, 1.54) is 0 Å². The predicted octanol–water partition coefficient (Wildman–Crippen LogP) is 5.47. The van der Waals surface area contributed by atoms with Crippen LogP contribution in [0, 0.1) is 0 Å². The fourth-order valence-electron chi connectivity index (χ4n) is 3.83. The summed E-state index contributed by atoms with van der Waals surface area (Å²) < 4.78 is 0. The summed E-state index contributed by atoms with van der Waals surface area (Å²) in [6.45, 7) is 13.8. The average molecular weight is 385 g/mol. The third kappa shape index (κ3) is 4.01. The first kappa shape index (κ1) is 21.8. The van der Waals surface area contributed by atoms with E-state index in [0.29, 0.717) is 11.1 Å². The molecule has 0 saturated heterocycles. The lowest BCUT2D eigenvalue weighted by molar-refractivity contribution is -0.138. The van der Waals surface area contributed by atoms with E-state index >= 15 is 0 Å². The van der Waals surface area contributed by atoms with E-state index in [1.807, 2.05) is 65.8 Å². The van der Waals surface area contributed by atoms with E-state index in [2.05, 4.69) is 0 Å². The number of phenols is 2. The van der Waals surface area contributed by atoms with Crippen molar-refractivity contribution in [3.63, 3.8) is 0 Å². The van der Waals surface area contributed by atoms with Gasteiger partial charge in [-0.1, -0.05) is 84.9 Å². The van der Waals surface area contributed by atoms with Crippen molar-refractivity contribution < 1.29 is 20.1 Å². The van der Waals surface area contributed by atoms with Crippen LogP contribution in [0.3, 0.4) is 0 Å². The number of benzene rings is 2. The molecule has 0 bridgehead atoms. The second-order valence-electron chi connectivity index (χ2n) is 9.81. The normalized spacial score (nSPS) is 12.8. The van der Waals surface area contributed by atoms with Gasteiger partial charge in [0.25, 0.3) is 0 Å². The Kier molecular flexibility index (Phi) is 5.57. The van der Waals surface area contributed by atoms with Gasteiger partial charge in [-0.05, 0) is 22.0 Å². The van der Waals surface area contributed by atoms with Gasteiger partial charge in [0.15, 0.2) is 0 Å². The number of hydrogen-bond donors (Lipinski definition) is 3. The van der Waals surface area contributed by atoms with E-state index in [0.717, 1.165) is 11.1 Å². The molecule has 0 aliphatic rings. The van der Waals surface area contributed by atoms with Crippen LogP contribution in [0.2, 0.25) is 0 Å². The third-order valence-corrected chi connectivity index (χ3v) is 5.38. The van der Waals surface area contributed by atoms with Crippen LogP contribution in [-0.4, -0.2) is 21.3 Å². The summed E-state index contributed by atoms with van der Waals surface area (Å²) in [5, 5.41) is 31.8. The van der Waals surface area contributed by atoms with Gasteiger partial charge >= 0.3 is 5.97 Å². The molecule has 0 atom stereocenters. The standard InChI is InChI=1S/C24H32O4/c1-22(2,3)15-10-8-12-17(20(15)27)24(7,14-19(25)26)18-13-9-11-16(21(18)28)23(4,5)6/h8-13,27-28H,14H2,1-7H3,(H,25,26). The van der Waals surface area contributed by atoms with Crippen LogP contribution in [0.4, 0.5) is 0 Å². The Morgan fingerprint density at radius 1 is 0.714 bits per heavy atom. The molecule has 0 saturated carbocycles. The Labute approximate surface area is 167 Å². The van der Waals surface area contributed by atoms with Crippen LogP contribution in [-0.2, 0) is 21.0 Å². The molecule has 28 heavy (non-hydrogen) atoms. The third-order valence-electron chi connectivity index (χ3n) is 5.38. The largest absolute Gasteiger partial charge is 0.507 e. The molecule has 0 radical (unpaired) electrons. The molecule has 0 heterocycles. The topological polar surface area (TPSA) is 77.8 Å². The van der Waals surface area contributed by atoms with Gasteiger partial charge in [-0.15, -0.1) is 0 Å². The quantitative estimate of drug-likeness (QED) is 0.653. The second kappa shape index (κ2) is 7.16. The summed E-state index contributed by atoms with van der Waals surface area (Å²) >= 11 is 0. The molecule has 2 rings (SSSR count). The average Bonchev–Trinajstić information content (AvgIpc) is 2.52. The summed E-state index contributed by atoms with van der Waals surface area (Å²) in [4.78, 5) is 11.8. The molecule has 0 aromatic heterocycles. The first-order valence-corrected chi connectivity index (χ1v) is 9.57. The first-order chi connectivity index (χ1) is 12.7. The fourth-order valence-corrected chi connectivity index (χ4v) is 3.83. The summed E-state index contributed by atoms with van der Waals surface area (Å²) in [5.41, 5.74) is 0.787. The van der Waals surface area contributed by atoms with E-state index in [4.69, 9.17) is 0 Å². The summed E-state index contributed by atoms with van der Waals surface area (Å²) in [6, 6.07) is 10.9. The zero-order valence-electron chi connectivity index (χ0n) is 17.9. The lowest BCUT2D eigenvalue weighted by Gasteiger charge is -2.34. The van der Waals surface area contributed by atoms with Crippen molar-refractivity contribution in [2.24, 2.45) is 0 Å². The Morgan fingerprint density at radius 2 is 1.04 bits per heavy atom. The maximum atomic E-state index is 11.8. The molecule has 0 unspecified atom stereocenters. The Balaban J connectivity index is 2.84. The molecule has 2 aromatic carbocycles. The Morgan fingerprint density at radius 3 is 1.32 bits per heavy atom. The van der Waals surface area contributed by atoms with Crippen molar-refractivity contribution in [1.29, 1.82) is 0 Å². The molecule has 0 fully saturated rings. The van der Waals surface area contributed by atoms with Crippen molar-refractivity contribution in [2.45, 2.75) is 71.1 Å². The number of carboxylic acid groups (broad SMARTS) is 1. The highest BCUT2D eigenvalue weighted by molar-refractivity contribution is 5.72. The van der Waals surface area contributed by atoms with Gasteiger partial charge in [-0.2, -0.15) is 0 Å². The Hall–Kier alpha value is -2.49. The van der Waals surface area contributed by atoms with Crippen LogP contribution in [0.15, 0.2) is 36.4 Å². The highest BCUT2D eigenvalue weighted by atomic mass is 16.4. The monoisotopic (exact) mass is 384 g/mol. The van der Waals surface area contributed by atoms with Gasteiger partial charge < -0.3 is 15.3 Å². The lowest BCUT2D eigenvalue weighted by atomic mass is 9.70. The SMILES string of the molecule is CC(C)(C)c1cccc(C(C)(CC(=O)O)c2cccc(C(C)(C)C)c2O)c1O. The van der Waals surface area contributed by atoms with E-state index in [-0.39, 0.29) is 28.7 Å².